The maximum atomic E-state index is 16.4. The summed E-state index contributed by atoms with van der Waals surface area (Å²) in [5.41, 5.74) is -0.533. The molecule has 1 amide bonds. The average Bonchev–Trinajstić information content (AvgIpc) is 3.69. The smallest absolute Gasteiger partial charge is 0.489 e. The Morgan fingerprint density at radius 1 is 1.02 bits per heavy atom. The molecule has 2 N–H and O–H groups in total. The van der Waals surface area contributed by atoms with Gasteiger partial charge in [-0.3, -0.25) is 19.9 Å². The molecule has 51 heavy (non-hydrogen) atoms. The lowest BCUT2D eigenvalue weighted by Crippen LogP contribution is -2.38. The number of hydrogen-bond donors (Lipinski definition) is 2. The molecule has 17 heteroatoms. The van der Waals surface area contributed by atoms with Crippen molar-refractivity contribution in [2.24, 2.45) is 5.92 Å². The van der Waals surface area contributed by atoms with Gasteiger partial charge in [-0.05, 0) is 45.5 Å². The molecule has 0 bridgehead atoms. The number of benzene rings is 3. The standard InChI is InChI=1S/C34H34FN6O9P/c1-19(2)30(42)37-33-36-29-27(31(43)38-33)39-40-41(29)32-28(50-51(44)45)26(35)25(49-32)18-48-34(20-8-6-5-7-9-20,21-10-14-23(46-3)15-11-21)22-12-16-24(47-4)17-13-22/h5-17,19,25-26,28,32H,18H2,1-4H3,(H2,36,37,38,42,43)/t25-,26-,28+,32-/m1/s1. The van der Waals surface area contributed by atoms with Crippen molar-refractivity contribution in [2.45, 2.75) is 44.1 Å². The normalized spacial score (nSPS) is 19.3. The number of aromatic nitrogens is 5. The zero-order valence-corrected chi connectivity index (χ0v) is 28.8. The minimum absolute atomic E-state index is 0.207. The Balaban J connectivity index is 1.40. The maximum absolute atomic E-state index is 16.4. The van der Waals surface area contributed by atoms with Crippen molar-refractivity contribution < 1.29 is 42.1 Å². The van der Waals surface area contributed by atoms with Crippen molar-refractivity contribution in [1.29, 1.82) is 0 Å². The number of nitrogens with one attached hydrogen (secondary N) is 2. The summed E-state index contributed by atoms with van der Waals surface area (Å²) in [7, 11) is -0.474. The van der Waals surface area contributed by atoms with Crippen molar-refractivity contribution in [1.82, 2.24) is 25.0 Å². The zero-order valence-electron chi connectivity index (χ0n) is 27.9. The van der Waals surface area contributed by atoms with E-state index in [1.807, 2.05) is 54.6 Å². The highest BCUT2D eigenvalue weighted by molar-refractivity contribution is 7.30. The number of anilines is 1. The molecule has 5 aromatic rings. The molecule has 5 atom stereocenters. The van der Waals surface area contributed by atoms with E-state index in [4.69, 9.17) is 23.5 Å². The van der Waals surface area contributed by atoms with Gasteiger partial charge in [-0.25, -0.2) is 4.39 Å². The van der Waals surface area contributed by atoms with Gasteiger partial charge in [0.2, 0.25) is 11.9 Å². The van der Waals surface area contributed by atoms with Gasteiger partial charge in [-0.1, -0.05) is 73.7 Å². The second kappa shape index (κ2) is 15.0. The van der Waals surface area contributed by atoms with E-state index in [-0.39, 0.29) is 17.1 Å². The Morgan fingerprint density at radius 3 is 2.16 bits per heavy atom. The van der Waals surface area contributed by atoms with Crippen LogP contribution >= 0.6 is 8.25 Å². The number of halogens is 1. The molecule has 15 nitrogen and oxygen atoms in total. The SMILES string of the molecule is COc1ccc(C(OC[C@H]2O[C@@H](n3nnc4c(=O)[nH]c(NC(=O)C(C)C)nc43)[C@@H](O[P+](=O)[O-])[C@@H]2F)(c2ccccc2)c2ccc(OC)cc2)cc1. The number of fused-ring (bicyclic) bond motifs is 1. The average molecular weight is 721 g/mol. The zero-order chi connectivity index (χ0) is 36.3. The third-order valence-corrected chi connectivity index (χ3v) is 8.87. The fraction of sp³-hybridized carbons (Fsp3) is 0.324. The first kappa shape index (κ1) is 35.7. The maximum Gasteiger partial charge on any atom is 0.489 e. The van der Waals surface area contributed by atoms with Gasteiger partial charge in [0.25, 0.3) is 5.56 Å². The highest BCUT2D eigenvalue weighted by atomic mass is 31.1. The summed E-state index contributed by atoms with van der Waals surface area (Å²) in [5.74, 6) is 0.114. The Morgan fingerprint density at radius 2 is 1.61 bits per heavy atom. The van der Waals surface area contributed by atoms with Gasteiger partial charge in [0.05, 0.1) is 20.8 Å². The number of rotatable bonds is 13. The molecule has 3 heterocycles. The van der Waals surface area contributed by atoms with E-state index in [2.05, 4.69) is 25.6 Å². The molecule has 6 rings (SSSR count). The summed E-state index contributed by atoms with van der Waals surface area (Å²) in [6, 6.07) is 23.7. The Kier molecular flexibility index (Phi) is 10.5. The van der Waals surface area contributed by atoms with E-state index >= 15 is 4.39 Å². The molecular formula is C34H34FN6O9P. The summed E-state index contributed by atoms with van der Waals surface area (Å²) < 4.78 is 57.9. The molecule has 0 aliphatic carbocycles. The lowest BCUT2D eigenvalue weighted by molar-refractivity contribution is -0.194. The summed E-state index contributed by atoms with van der Waals surface area (Å²) in [6.07, 6.45) is -6.84. The number of H-pyrrole nitrogens is 1. The number of hydrogen-bond acceptors (Lipinski definition) is 12. The van der Waals surface area contributed by atoms with Crippen molar-refractivity contribution in [3.05, 3.63) is 106 Å². The molecule has 266 valence electrons. The summed E-state index contributed by atoms with van der Waals surface area (Å²) in [4.78, 5) is 43.6. The van der Waals surface area contributed by atoms with Crippen LogP contribution in [0.15, 0.2) is 83.7 Å². The first-order chi connectivity index (χ1) is 24.5. The first-order valence-corrected chi connectivity index (χ1v) is 16.9. The Labute approximate surface area is 291 Å². The molecule has 1 fully saturated rings. The quantitative estimate of drug-likeness (QED) is 0.132. The van der Waals surface area contributed by atoms with E-state index in [9.17, 15) is 19.0 Å². The van der Waals surface area contributed by atoms with Crippen molar-refractivity contribution >= 4 is 31.3 Å². The topological polar surface area (TPSA) is 192 Å². The minimum Gasteiger partial charge on any atom is -0.566 e. The van der Waals surface area contributed by atoms with E-state index in [1.54, 1.807) is 52.3 Å². The number of aromatic amines is 1. The molecule has 0 spiro atoms. The second-order valence-electron chi connectivity index (χ2n) is 11.9. The van der Waals surface area contributed by atoms with E-state index in [0.717, 1.165) is 4.68 Å². The van der Waals surface area contributed by atoms with Crippen LogP contribution in [0.25, 0.3) is 11.2 Å². The van der Waals surface area contributed by atoms with Crippen LogP contribution in [-0.2, 0) is 29.0 Å². The van der Waals surface area contributed by atoms with Gasteiger partial charge in [-0.15, -0.1) is 9.62 Å². The van der Waals surface area contributed by atoms with Gasteiger partial charge in [0.1, 0.15) is 23.2 Å². The van der Waals surface area contributed by atoms with Gasteiger partial charge < -0.3 is 23.8 Å². The predicted octanol–water partition coefficient (Wildman–Crippen LogP) is 3.77. The van der Waals surface area contributed by atoms with Gasteiger partial charge in [-0.2, -0.15) is 9.67 Å². The first-order valence-electron chi connectivity index (χ1n) is 15.8. The highest BCUT2D eigenvalue weighted by Crippen LogP contribution is 2.44. The molecule has 1 saturated heterocycles. The number of alkyl halides is 1. The molecule has 1 aliphatic heterocycles. The Bertz CT molecular complexity index is 2010. The molecule has 1 aliphatic rings. The van der Waals surface area contributed by atoms with E-state index in [1.165, 1.54) is 0 Å². The molecule has 3 aromatic carbocycles. The number of carbonyl (C=O) groups excluding carboxylic acids is 1. The third kappa shape index (κ3) is 7.09. The van der Waals surface area contributed by atoms with Crippen LogP contribution in [0.4, 0.5) is 10.3 Å². The number of ether oxygens (including phenoxy) is 4. The number of carbonyl (C=O) groups is 1. The van der Waals surface area contributed by atoms with Crippen molar-refractivity contribution in [3.63, 3.8) is 0 Å². The van der Waals surface area contributed by atoms with Gasteiger partial charge in [0.15, 0.2) is 29.7 Å². The molecule has 1 unspecified atom stereocenters. The predicted molar refractivity (Wildman–Crippen MR) is 179 cm³/mol. The van der Waals surface area contributed by atoms with Crippen LogP contribution in [0.1, 0.15) is 36.8 Å². The lowest BCUT2D eigenvalue weighted by Gasteiger charge is -2.37. The molecular weight excluding hydrogens is 686 g/mol. The van der Waals surface area contributed by atoms with Crippen LogP contribution in [0, 0.1) is 5.92 Å². The second-order valence-corrected chi connectivity index (χ2v) is 12.5. The summed E-state index contributed by atoms with van der Waals surface area (Å²) >= 11 is 0. The van der Waals surface area contributed by atoms with Crippen molar-refractivity contribution in [2.75, 3.05) is 26.1 Å². The van der Waals surface area contributed by atoms with Crippen LogP contribution in [0.2, 0.25) is 0 Å². The molecule has 2 aromatic heterocycles. The number of nitrogens with zero attached hydrogens (tertiary/aromatic N) is 4. The summed E-state index contributed by atoms with van der Waals surface area (Å²) in [6.45, 7) is 2.88. The monoisotopic (exact) mass is 720 g/mol. The van der Waals surface area contributed by atoms with Gasteiger partial charge >= 0.3 is 8.25 Å². The van der Waals surface area contributed by atoms with Crippen LogP contribution in [0.5, 0.6) is 11.5 Å². The van der Waals surface area contributed by atoms with Crippen LogP contribution in [0.3, 0.4) is 0 Å². The van der Waals surface area contributed by atoms with Crippen molar-refractivity contribution in [3.8, 4) is 11.5 Å². The van der Waals surface area contributed by atoms with E-state index in [0.29, 0.717) is 28.2 Å². The third-order valence-electron chi connectivity index (χ3n) is 8.45. The largest absolute Gasteiger partial charge is 0.566 e. The fourth-order valence-electron chi connectivity index (χ4n) is 5.85. The number of amides is 1. The lowest BCUT2D eigenvalue weighted by atomic mass is 9.80. The number of methoxy groups -OCH3 is 2. The Hall–Kier alpha value is -5.12. The highest BCUT2D eigenvalue weighted by Gasteiger charge is 2.52. The fourth-order valence-corrected chi connectivity index (χ4v) is 6.27. The molecule has 0 saturated carbocycles. The van der Waals surface area contributed by atoms with Crippen LogP contribution in [-0.4, -0.2) is 70.1 Å². The van der Waals surface area contributed by atoms with Crippen LogP contribution < -0.4 is 25.2 Å². The summed E-state index contributed by atoms with van der Waals surface area (Å²) in [5, 5.41) is 10.3. The van der Waals surface area contributed by atoms with E-state index < -0.39 is 62.5 Å². The minimum atomic E-state index is -3.58. The van der Waals surface area contributed by atoms with Gasteiger partial charge in [0, 0.05) is 5.92 Å². The molecule has 0 radical (unpaired) electrons.